The van der Waals surface area contributed by atoms with E-state index in [4.69, 9.17) is 0 Å². The van der Waals surface area contributed by atoms with Gasteiger partial charge in [0, 0.05) is 31.6 Å². The summed E-state index contributed by atoms with van der Waals surface area (Å²) < 4.78 is 0. The lowest BCUT2D eigenvalue weighted by Crippen LogP contribution is -2.36. The van der Waals surface area contributed by atoms with Crippen LogP contribution in [0.3, 0.4) is 0 Å². The summed E-state index contributed by atoms with van der Waals surface area (Å²) in [7, 11) is 0. The number of pyridine rings is 2. The number of carbonyl (C=O) groups excluding carboxylic acids is 1. The van der Waals surface area contributed by atoms with Crippen LogP contribution in [0.1, 0.15) is 18.4 Å². The maximum Gasteiger partial charge on any atom is 0.249 e. The molecule has 3 heterocycles. The normalized spacial score (nSPS) is 14.8. The largest absolute Gasteiger partial charge is 0.393 e. The molecule has 1 saturated heterocycles. The van der Waals surface area contributed by atoms with Crippen LogP contribution in [-0.2, 0) is 4.79 Å². The number of aromatic nitrogens is 2. The van der Waals surface area contributed by atoms with Gasteiger partial charge in [0.2, 0.25) is 5.91 Å². The molecule has 2 aromatic heterocycles. The van der Waals surface area contributed by atoms with E-state index in [0.717, 1.165) is 48.4 Å². The minimum Gasteiger partial charge on any atom is -0.393 e. The highest BCUT2D eigenvalue weighted by molar-refractivity contribution is 6.01. The molecule has 0 atom stereocenters. The first kappa shape index (κ1) is 19.8. The molecule has 0 unspecified atom stereocenters. The van der Waals surface area contributed by atoms with Crippen molar-refractivity contribution in [3.63, 3.8) is 0 Å². The number of nitrogens with zero attached hydrogens (tertiary/aromatic N) is 3. The van der Waals surface area contributed by atoms with E-state index in [0.29, 0.717) is 5.82 Å². The lowest BCUT2D eigenvalue weighted by atomic mass is 10.1. The van der Waals surface area contributed by atoms with Gasteiger partial charge in [0.15, 0.2) is 0 Å². The molecule has 0 spiro atoms. The van der Waals surface area contributed by atoms with Crippen molar-refractivity contribution in [3.05, 3.63) is 78.6 Å². The number of carbonyl (C=O) groups is 1. The molecule has 0 saturated carbocycles. The molecule has 1 aliphatic rings. The highest BCUT2D eigenvalue weighted by Gasteiger charge is 2.18. The predicted molar refractivity (Wildman–Crippen MR) is 119 cm³/mol. The van der Waals surface area contributed by atoms with Crippen LogP contribution in [-0.4, -0.2) is 40.2 Å². The van der Waals surface area contributed by atoms with Crippen LogP contribution in [0.15, 0.2) is 73.1 Å². The van der Waals surface area contributed by atoms with Crippen LogP contribution < -0.4 is 10.2 Å². The lowest BCUT2D eigenvalue weighted by Gasteiger charge is -2.30. The van der Waals surface area contributed by atoms with E-state index in [9.17, 15) is 9.90 Å². The number of aliphatic hydroxyl groups is 1. The molecule has 0 aliphatic carbocycles. The zero-order valence-electron chi connectivity index (χ0n) is 16.6. The maximum absolute atomic E-state index is 12.2. The summed E-state index contributed by atoms with van der Waals surface area (Å²) in [5.41, 5.74) is 2.92. The molecule has 6 heteroatoms. The topological polar surface area (TPSA) is 78.4 Å². The van der Waals surface area contributed by atoms with Crippen LogP contribution in [0.4, 0.5) is 11.6 Å². The first-order valence-electron chi connectivity index (χ1n) is 10.1. The minimum absolute atomic E-state index is 0.216. The summed E-state index contributed by atoms with van der Waals surface area (Å²) in [6.07, 6.45) is 8.04. The van der Waals surface area contributed by atoms with Crippen molar-refractivity contribution in [2.45, 2.75) is 18.9 Å². The number of anilines is 2. The van der Waals surface area contributed by atoms with Crippen molar-refractivity contribution in [1.82, 2.24) is 9.97 Å². The SMILES string of the molecule is O=C(C=Cc1ccccc1)Nc1cc(-c2ccnc(N3CCC(O)CC3)c2)ccn1. The molecular formula is C24H24N4O2. The number of piperidine rings is 1. The third-order valence-electron chi connectivity index (χ3n) is 5.11. The quantitative estimate of drug-likeness (QED) is 0.638. The van der Waals surface area contributed by atoms with Gasteiger partial charge in [0.1, 0.15) is 11.6 Å². The third-order valence-corrected chi connectivity index (χ3v) is 5.11. The third kappa shape index (κ3) is 5.10. The van der Waals surface area contributed by atoms with Gasteiger partial charge in [0.25, 0.3) is 0 Å². The van der Waals surface area contributed by atoms with Crippen LogP contribution in [0.2, 0.25) is 0 Å². The van der Waals surface area contributed by atoms with Gasteiger partial charge >= 0.3 is 0 Å². The summed E-state index contributed by atoms with van der Waals surface area (Å²) in [6.45, 7) is 1.59. The summed E-state index contributed by atoms with van der Waals surface area (Å²) in [6, 6.07) is 17.4. The highest BCUT2D eigenvalue weighted by atomic mass is 16.3. The van der Waals surface area contributed by atoms with Gasteiger partial charge in [0.05, 0.1) is 6.10 Å². The summed E-state index contributed by atoms with van der Waals surface area (Å²) in [5, 5.41) is 12.5. The second-order valence-corrected chi connectivity index (χ2v) is 7.28. The summed E-state index contributed by atoms with van der Waals surface area (Å²) >= 11 is 0. The van der Waals surface area contributed by atoms with Gasteiger partial charge in [-0.25, -0.2) is 9.97 Å². The Balaban J connectivity index is 1.46. The van der Waals surface area contributed by atoms with Gasteiger partial charge in [-0.1, -0.05) is 30.3 Å². The Kier molecular flexibility index (Phi) is 6.15. The van der Waals surface area contributed by atoms with Crippen molar-refractivity contribution in [1.29, 1.82) is 0 Å². The molecule has 2 N–H and O–H groups in total. The molecule has 0 radical (unpaired) electrons. The average Bonchev–Trinajstić information content (AvgIpc) is 2.79. The molecule has 6 nitrogen and oxygen atoms in total. The zero-order chi connectivity index (χ0) is 20.8. The van der Waals surface area contributed by atoms with Gasteiger partial charge in [-0.2, -0.15) is 0 Å². The molecule has 1 amide bonds. The molecule has 152 valence electrons. The fraction of sp³-hybridized carbons (Fsp3) is 0.208. The van der Waals surface area contributed by atoms with Gasteiger partial charge < -0.3 is 15.3 Å². The fourth-order valence-electron chi connectivity index (χ4n) is 3.45. The van der Waals surface area contributed by atoms with E-state index in [1.54, 1.807) is 18.5 Å². The molecule has 1 fully saturated rings. The molecule has 30 heavy (non-hydrogen) atoms. The molecule has 4 rings (SSSR count). The first-order valence-corrected chi connectivity index (χ1v) is 10.1. The van der Waals surface area contributed by atoms with Crippen molar-refractivity contribution in [2.24, 2.45) is 0 Å². The Bertz CT molecular complexity index is 1030. The highest BCUT2D eigenvalue weighted by Crippen LogP contribution is 2.26. The average molecular weight is 400 g/mol. The van der Waals surface area contributed by atoms with E-state index >= 15 is 0 Å². The Morgan fingerprint density at radius 2 is 1.70 bits per heavy atom. The second-order valence-electron chi connectivity index (χ2n) is 7.28. The Morgan fingerprint density at radius 3 is 2.47 bits per heavy atom. The number of rotatable bonds is 5. The monoisotopic (exact) mass is 400 g/mol. The summed E-state index contributed by atoms with van der Waals surface area (Å²) in [5.74, 6) is 1.16. The number of hydrogen-bond acceptors (Lipinski definition) is 5. The Labute approximate surface area is 175 Å². The Morgan fingerprint density at radius 1 is 1.00 bits per heavy atom. The molecule has 1 aliphatic heterocycles. The van der Waals surface area contributed by atoms with Gasteiger partial charge in [-0.15, -0.1) is 0 Å². The van der Waals surface area contributed by atoms with E-state index in [-0.39, 0.29) is 12.0 Å². The van der Waals surface area contributed by atoms with E-state index in [1.807, 2.05) is 54.6 Å². The van der Waals surface area contributed by atoms with Crippen molar-refractivity contribution in [2.75, 3.05) is 23.3 Å². The maximum atomic E-state index is 12.2. The molecule has 1 aromatic carbocycles. The van der Waals surface area contributed by atoms with Crippen LogP contribution >= 0.6 is 0 Å². The summed E-state index contributed by atoms with van der Waals surface area (Å²) in [4.78, 5) is 23.2. The number of aliphatic hydroxyl groups excluding tert-OH is 1. The molecular weight excluding hydrogens is 376 g/mol. The predicted octanol–water partition coefficient (Wildman–Crippen LogP) is 3.76. The Hall–Kier alpha value is -3.51. The first-order chi connectivity index (χ1) is 14.7. The molecule has 0 bridgehead atoms. The smallest absolute Gasteiger partial charge is 0.249 e. The minimum atomic E-state index is -0.231. The van der Waals surface area contributed by atoms with E-state index < -0.39 is 0 Å². The van der Waals surface area contributed by atoms with E-state index in [2.05, 4.69) is 20.2 Å². The lowest BCUT2D eigenvalue weighted by molar-refractivity contribution is -0.111. The standard InChI is InChI=1S/C24H24N4O2/c29-21-10-14-28(15-11-21)23-17-20(9-13-26-23)19-8-12-25-22(16-19)27-24(30)7-6-18-4-2-1-3-5-18/h1-9,12-13,16-17,21,29H,10-11,14-15H2,(H,25,27,30). The van der Waals surface area contributed by atoms with Crippen molar-refractivity contribution in [3.8, 4) is 11.1 Å². The number of nitrogens with one attached hydrogen (secondary N) is 1. The van der Waals surface area contributed by atoms with Gasteiger partial charge in [-0.3, -0.25) is 4.79 Å². The van der Waals surface area contributed by atoms with E-state index in [1.165, 1.54) is 6.08 Å². The number of hydrogen-bond donors (Lipinski definition) is 2. The fourth-order valence-corrected chi connectivity index (χ4v) is 3.45. The number of amides is 1. The van der Waals surface area contributed by atoms with Crippen LogP contribution in [0, 0.1) is 0 Å². The van der Waals surface area contributed by atoms with Crippen LogP contribution in [0.5, 0.6) is 0 Å². The second kappa shape index (κ2) is 9.33. The number of benzene rings is 1. The van der Waals surface area contributed by atoms with Crippen molar-refractivity contribution >= 4 is 23.6 Å². The van der Waals surface area contributed by atoms with Gasteiger partial charge in [-0.05, 0) is 59.9 Å². The zero-order valence-corrected chi connectivity index (χ0v) is 16.6. The van der Waals surface area contributed by atoms with Crippen molar-refractivity contribution < 1.29 is 9.90 Å². The van der Waals surface area contributed by atoms with Crippen LogP contribution in [0.25, 0.3) is 17.2 Å². The molecule has 3 aromatic rings.